The highest BCUT2D eigenvalue weighted by Gasteiger charge is 2.33. The smallest absolute Gasteiger partial charge is 0.127 e. The van der Waals surface area contributed by atoms with Gasteiger partial charge in [0.15, 0.2) is 0 Å². The lowest BCUT2D eigenvalue weighted by Gasteiger charge is -2.34. The van der Waals surface area contributed by atoms with E-state index in [4.69, 9.17) is 11.6 Å². The van der Waals surface area contributed by atoms with E-state index in [1.807, 2.05) is 35.9 Å². The number of hydrogen-bond donors (Lipinski definition) is 1. The third-order valence-corrected chi connectivity index (χ3v) is 5.58. The molecular weight excluding hydrogens is 385 g/mol. The first-order valence-corrected chi connectivity index (χ1v) is 10.4. The molecule has 7 heteroatoms. The van der Waals surface area contributed by atoms with E-state index in [0.29, 0.717) is 22.6 Å². The molecule has 140 valence electrons. The summed E-state index contributed by atoms with van der Waals surface area (Å²) in [5, 5.41) is 10.9. The van der Waals surface area contributed by atoms with Crippen molar-refractivity contribution in [3.63, 3.8) is 0 Å². The van der Waals surface area contributed by atoms with Crippen LogP contribution in [0.25, 0.3) is 10.9 Å². The highest BCUT2D eigenvalue weighted by atomic mass is 35.5. The molecule has 1 aromatic heterocycles. The Balaban J connectivity index is 2.29. The standard InChI is InChI=1S/C20H19ClFN3OS/c1-3-20(9-10-23,14-4-6-15(21)7-5-14)25-11-8-17-18(24-27(2)26)12-16(22)13-19(17)25/h4-8,11-13,24H,3,9H2,1-2H3. The van der Waals surface area contributed by atoms with Gasteiger partial charge in [0.05, 0.1) is 29.2 Å². The molecule has 0 saturated heterocycles. The van der Waals surface area contributed by atoms with E-state index in [-0.39, 0.29) is 6.42 Å². The lowest BCUT2D eigenvalue weighted by Crippen LogP contribution is -2.33. The number of fused-ring (bicyclic) bond motifs is 1. The number of nitrogens with one attached hydrogen (secondary N) is 1. The van der Waals surface area contributed by atoms with E-state index in [9.17, 15) is 13.9 Å². The summed E-state index contributed by atoms with van der Waals surface area (Å²) in [4.78, 5) is 0. The predicted molar refractivity (Wildman–Crippen MR) is 109 cm³/mol. The van der Waals surface area contributed by atoms with Gasteiger partial charge in [0.25, 0.3) is 0 Å². The van der Waals surface area contributed by atoms with Crippen LogP contribution in [0, 0.1) is 17.1 Å². The van der Waals surface area contributed by atoms with Crippen LogP contribution in [-0.4, -0.2) is 15.0 Å². The van der Waals surface area contributed by atoms with Crippen LogP contribution >= 0.6 is 11.6 Å². The van der Waals surface area contributed by atoms with Gasteiger partial charge in [-0.25, -0.2) is 8.60 Å². The zero-order valence-corrected chi connectivity index (χ0v) is 16.6. The molecule has 0 radical (unpaired) electrons. The van der Waals surface area contributed by atoms with Gasteiger partial charge in [-0.1, -0.05) is 30.7 Å². The highest BCUT2D eigenvalue weighted by Crippen LogP contribution is 2.39. The normalized spacial score (nSPS) is 14.5. The summed E-state index contributed by atoms with van der Waals surface area (Å²) in [7, 11) is -1.33. The Kier molecular flexibility index (Phi) is 5.54. The first-order chi connectivity index (χ1) is 12.9. The average Bonchev–Trinajstić information content (AvgIpc) is 3.04. The van der Waals surface area contributed by atoms with Crippen molar-refractivity contribution in [3.8, 4) is 6.07 Å². The predicted octanol–water partition coefficient (Wildman–Crippen LogP) is 5.21. The minimum absolute atomic E-state index is 0.216. The summed E-state index contributed by atoms with van der Waals surface area (Å²) in [5.74, 6) is -0.437. The molecule has 0 saturated carbocycles. The molecule has 1 N–H and O–H groups in total. The molecule has 2 unspecified atom stereocenters. The topological polar surface area (TPSA) is 57.8 Å². The molecule has 4 nitrogen and oxygen atoms in total. The van der Waals surface area contributed by atoms with Crippen LogP contribution in [0.1, 0.15) is 25.3 Å². The molecule has 0 fully saturated rings. The van der Waals surface area contributed by atoms with Crippen molar-refractivity contribution in [1.82, 2.24) is 4.57 Å². The van der Waals surface area contributed by atoms with E-state index < -0.39 is 22.3 Å². The van der Waals surface area contributed by atoms with Crippen LogP contribution in [0.2, 0.25) is 5.02 Å². The van der Waals surface area contributed by atoms with E-state index in [1.54, 1.807) is 12.1 Å². The summed E-state index contributed by atoms with van der Waals surface area (Å²) < 4.78 is 30.6. The van der Waals surface area contributed by atoms with Crippen LogP contribution in [0.5, 0.6) is 0 Å². The maximum atomic E-state index is 14.3. The Labute approximate surface area is 165 Å². The Morgan fingerprint density at radius 1 is 1.30 bits per heavy atom. The molecule has 0 aliphatic heterocycles. The molecule has 0 aliphatic rings. The second kappa shape index (κ2) is 7.71. The van der Waals surface area contributed by atoms with Crippen molar-refractivity contribution in [2.24, 2.45) is 0 Å². The number of hydrogen-bond acceptors (Lipinski definition) is 2. The zero-order valence-electron chi connectivity index (χ0n) is 15.0. The number of halogens is 2. The fraction of sp³-hybridized carbons (Fsp3) is 0.250. The molecule has 0 spiro atoms. The molecule has 0 amide bonds. The van der Waals surface area contributed by atoms with Gasteiger partial charge < -0.3 is 9.29 Å². The summed E-state index contributed by atoms with van der Waals surface area (Å²) in [5.41, 5.74) is 1.35. The van der Waals surface area contributed by atoms with Gasteiger partial charge in [-0.05, 0) is 42.3 Å². The minimum atomic E-state index is -1.33. The van der Waals surface area contributed by atoms with Gasteiger partial charge in [-0.2, -0.15) is 5.26 Å². The fourth-order valence-corrected chi connectivity index (χ4v) is 4.14. The molecule has 3 aromatic rings. The van der Waals surface area contributed by atoms with Crippen molar-refractivity contribution < 1.29 is 8.60 Å². The van der Waals surface area contributed by atoms with Crippen molar-refractivity contribution in [1.29, 1.82) is 5.26 Å². The minimum Gasteiger partial charge on any atom is -0.336 e. The molecule has 0 bridgehead atoms. The Morgan fingerprint density at radius 2 is 2.00 bits per heavy atom. The third-order valence-electron chi connectivity index (χ3n) is 4.83. The Hall–Kier alpha value is -2.36. The lowest BCUT2D eigenvalue weighted by atomic mass is 9.84. The van der Waals surface area contributed by atoms with Crippen molar-refractivity contribution >= 4 is 39.2 Å². The van der Waals surface area contributed by atoms with Crippen LogP contribution in [-0.2, 0) is 16.5 Å². The van der Waals surface area contributed by atoms with Crippen LogP contribution < -0.4 is 4.72 Å². The maximum Gasteiger partial charge on any atom is 0.127 e. The molecule has 2 aromatic carbocycles. The molecule has 3 rings (SSSR count). The van der Waals surface area contributed by atoms with Crippen molar-refractivity contribution in [2.45, 2.75) is 25.3 Å². The van der Waals surface area contributed by atoms with Gasteiger partial charge in [-0.3, -0.25) is 0 Å². The van der Waals surface area contributed by atoms with Crippen molar-refractivity contribution in [2.75, 3.05) is 11.0 Å². The molecule has 2 atom stereocenters. The molecule has 0 aliphatic carbocycles. The van der Waals surface area contributed by atoms with Crippen LogP contribution in [0.3, 0.4) is 0 Å². The zero-order chi connectivity index (χ0) is 19.6. The second-order valence-electron chi connectivity index (χ2n) is 6.35. The fourth-order valence-electron chi connectivity index (χ4n) is 3.54. The van der Waals surface area contributed by atoms with Gasteiger partial charge in [-0.15, -0.1) is 0 Å². The number of nitrogens with zero attached hydrogens (tertiary/aromatic N) is 2. The summed E-state index contributed by atoms with van der Waals surface area (Å²) in [6.07, 6.45) is 4.19. The van der Waals surface area contributed by atoms with E-state index >= 15 is 0 Å². The van der Waals surface area contributed by atoms with Crippen molar-refractivity contribution in [3.05, 3.63) is 65.1 Å². The Bertz CT molecular complexity index is 1040. The van der Waals surface area contributed by atoms with Crippen LogP contribution in [0.4, 0.5) is 10.1 Å². The van der Waals surface area contributed by atoms with Gasteiger partial charge in [0, 0.05) is 22.9 Å². The quantitative estimate of drug-likeness (QED) is 0.614. The van der Waals surface area contributed by atoms with E-state index in [0.717, 1.165) is 10.9 Å². The number of benzene rings is 2. The first-order valence-electron chi connectivity index (χ1n) is 8.45. The number of nitriles is 1. The summed E-state index contributed by atoms with van der Waals surface area (Å²) >= 11 is 6.03. The molecule has 27 heavy (non-hydrogen) atoms. The molecule has 1 heterocycles. The number of rotatable bonds is 6. The number of anilines is 1. The Morgan fingerprint density at radius 3 is 2.59 bits per heavy atom. The van der Waals surface area contributed by atoms with Gasteiger partial charge >= 0.3 is 0 Å². The highest BCUT2D eigenvalue weighted by molar-refractivity contribution is 7.85. The third kappa shape index (κ3) is 3.58. The monoisotopic (exact) mass is 403 g/mol. The number of aromatic nitrogens is 1. The molecular formula is C20H19ClFN3OS. The van der Waals surface area contributed by atoms with Crippen LogP contribution in [0.15, 0.2) is 48.7 Å². The van der Waals surface area contributed by atoms with Gasteiger partial charge in [0.2, 0.25) is 0 Å². The lowest BCUT2D eigenvalue weighted by molar-refractivity contribution is 0.359. The average molecular weight is 404 g/mol. The summed E-state index contributed by atoms with van der Waals surface area (Å²) in [6, 6.07) is 14.3. The van der Waals surface area contributed by atoms with E-state index in [1.165, 1.54) is 18.4 Å². The van der Waals surface area contributed by atoms with Gasteiger partial charge in [0.1, 0.15) is 16.8 Å². The second-order valence-corrected chi connectivity index (χ2v) is 7.90. The first kappa shape index (κ1) is 19.4. The largest absolute Gasteiger partial charge is 0.336 e. The maximum absolute atomic E-state index is 14.3. The van der Waals surface area contributed by atoms with E-state index in [2.05, 4.69) is 10.8 Å². The summed E-state index contributed by atoms with van der Waals surface area (Å²) in [6.45, 7) is 2.00. The SMILES string of the molecule is CCC(CC#N)(c1ccc(Cl)cc1)n1ccc2c(NS(C)=O)cc(F)cc21.